The molecule has 3 rings (SSSR count). The Morgan fingerprint density at radius 2 is 1.95 bits per heavy atom. The minimum Gasteiger partial charge on any atom is -0.367 e. The van der Waals surface area contributed by atoms with Gasteiger partial charge in [0.2, 0.25) is 5.88 Å². The molecule has 0 aliphatic heterocycles. The SMILES string of the molecule is CC(C)c1c(-c2cccc3cccnc23)noc1N. The first kappa shape index (κ1) is 11.7. The summed E-state index contributed by atoms with van der Waals surface area (Å²) in [7, 11) is 0. The van der Waals surface area contributed by atoms with Crippen molar-refractivity contribution in [3.63, 3.8) is 0 Å². The van der Waals surface area contributed by atoms with Crippen LogP contribution in [0.2, 0.25) is 0 Å². The van der Waals surface area contributed by atoms with Crippen LogP contribution < -0.4 is 5.73 Å². The highest BCUT2D eigenvalue weighted by Crippen LogP contribution is 2.35. The summed E-state index contributed by atoms with van der Waals surface area (Å²) in [6.45, 7) is 4.15. The molecule has 0 fully saturated rings. The van der Waals surface area contributed by atoms with Crippen LogP contribution in [-0.4, -0.2) is 10.1 Å². The zero-order valence-corrected chi connectivity index (χ0v) is 10.9. The summed E-state index contributed by atoms with van der Waals surface area (Å²) in [5.41, 5.74) is 9.48. The van der Waals surface area contributed by atoms with Gasteiger partial charge < -0.3 is 10.3 Å². The maximum atomic E-state index is 5.87. The van der Waals surface area contributed by atoms with E-state index in [4.69, 9.17) is 10.3 Å². The number of benzene rings is 1. The maximum Gasteiger partial charge on any atom is 0.226 e. The molecule has 0 spiro atoms. The number of pyridine rings is 1. The number of nitrogens with two attached hydrogens (primary N) is 1. The van der Waals surface area contributed by atoms with Gasteiger partial charge in [0.15, 0.2) is 0 Å². The average molecular weight is 253 g/mol. The molecule has 3 aromatic rings. The average Bonchev–Trinajstić information content (AvgIpc) is 2.80. The van der Waals surface area contributed by atoms with Gasteiger partial charge in [-0.15, -0.1) is 0 Å². The van der Waals surface area contributed by atoms with Gasteiger partial charge in [0.25, 0.3) is 0 Å². The number of para-hydroxylation sites is 1. The van der Waals surface area contributed by atoms with Gasteiger partial charge in [0.05, 0.1) is 5.52 Å². The zero-order chi connectivity index (χ0) is 13.4. The van der Waals surface area contributed by atoms with E-state index in [0.717, 1.165) is 27.7 Å². The van der Waals surface area contributed by atoms with Crippen LogP contribution in [0.3, 0.4) is 0 Å². The first-order valence-electron chi connectivity index (χ1n) is 6.27. The smallest absolute Gasteiger partial charge is 0.226 e. The highest BCUT2D eigenvalue weighted by atomic mass is 16.5. The Balaban J connectivity index is 2.31. The van der Waals surface area contributed by atoms with Gasteiger partial charge in [-0.1, -0.05) is 43.3 Å². The van der Waals surface area contributed by atoms with Crippen LogP contribution in [0.25, 0.3) is 22.2 Å². The lowest BCUT2D eigenvalue weighted by Gasteiger charge is -2.07. The molecule has 0 aliphatic rings. The van der Waals surface area contributed by atoms with Gasteiger partial charge in [0.1, 0.15) is 5.69 Å². The first-order chi connectivity index (χ1) is 9.18. The molecule has 2 heterocycles. The molecule has 0 amide bonds. The van der Waals surface area contributed by atoms with Crippen molar-refractivity contribution in [3.8, 4) is 11.3 Å². The fourth-order valence-corrected chi connectivity index (χ4v) is 2.36. The van der Waals surface area contributed by atoms with Crippen molar-refractivity contribution >= 4 is 16.8 Å². The number of hydrogen-bond acceptors (Lipinski definition) is 4. The number of anilines is 1. The van der Waals surface area contributed by atoms with E-state index in [2.05, 4.69) is 24.0 Å². The summed E-state index contributed by atoms with van der Waals surface area (Å²) < 4.78 is 5.16. The van der Waals surface area contributed by atoms with Crippen molar-refractivity contribution in [2.45, 2.75) is 19.8 Å². The van der Waals surface area contributed by atoms with Gasteiger partial charge in [0, 0.05) is 22.7 Å². The second-order valence-electron chi connectivity index (χ2n) is 4.84. The number of aromatic nitrogens is 2. The van der Waals surface area contributed by atoms with Crippen molar-refractivity contribution in [1.29, 1.82) is 0 Å². The van der Waals surface area contributed by atoms with E-state index in [1.807, 2.05) is 30.3 Å². The molecule has 0 saturated carbocycles. The van der Waals surface area contributed by atoms with E-state index < -0.39 is 0 Å². The highest BCUT2D eigenvalue weighted by molar-refractivity contribution is 5.93. The van der Waals surface area contributed by atoms with E-state index in [9.17, 15) is 0 Å². The van der Waals surface area contributed by atoms with Gasteiger partial charge in [-0.2, -0.15) is 0 Å². The molecule has 0 bridgehead atoms. The molecule has 0 aliphatic carbocycles. The highest BCUT2D eigenvalue weighted by Gasteiger charge is 2.20. The molecule has 0 radical (unpaired) electrons. The third kappa shape index (κ3) is 1.85. The van der Waals surface area contributed by atoms with E-state index >= 15 is 0 Å². The lowest BCUT2D eigenvalue weighted by Crippen LogP contribution is -1.95. The summed E-state index contributed by atoms with van der Waals surface area (Å²) in [4.78, 5) is 4.44. The second kappa shape index (κ2) is 4.39. The monoisotopic (exact) mass is 253 g/mol. The third-order valence-corrected chi connectivity index (χ3v) is 3.22. The number of hydrogen-bond donors (Lipinski definition) is 1. The quantitative estimate of drug-likeness (QED) is 0.757. The van der Waals surface area contributed by atoms with Crippen LogP contribution in [0.4, 0.5) is 5.88 Å². The van der Waals surface area contributed by atoms with E-state index in [1.54, 1.807) is 6.20 Å². The number of nitrogen functional groups attached to an aromatic ring is 1. The number of fused-ring (bicyclic) bond motifs is 1. The van der Waals surface area contributed by atoms with Crippen LogP contribution in [-0.2, 0) is 0 Å². The van der Waals surface area contributed by atoms with Crippen LogP contribution in [0.15, 0.2) is 41.1 Å². The minimum absolute atomic E-state index is 0.250. The van der Waals surface area contributed by atoms with Gasteiger partial charge in [-0.3, -0.25) is 4.98 Å². The van der Waals surface area contributed by atoms with E-state index in [0.29, 0.717) is 5.88 Å². The summed E-state index contributed by atoms with van der Waals surface area (Å²) in [6, 6.07) is 9.98. The predicted molar refractivity (Wildman–Crippen MR) is 75.7 cm³/mol. The Hall–Kier alpha value is -2.36. The fraction of sp³-hybridized carbons (Fsp3) is 0.200. The van der Waals surface area contributed by atoms with Gasteiger partial charge >= 0.3 is 0 Å². The molecule has 4 heteroatoms. The Morgan fingerprint density at radius 3 is 2.74 bits per heavy atom. The molecular formula is C15H15N3O. The Bertz CT molecular complexity index is 726. The van der Waals surface area contributed by atoms with Gasteiger partial charge in [-0.25, -0.2) is 0 Å². The van der Waals surface area contributed by atoms with E-state index in [-0.39, 0.29) is 5.92 Å². The molecule has 0 unspecified atom stereocenters. The molecule has 2 N–H and O–H groups in total. The molecule has 4 nitrogen and oxygen atoms in total. The molecule has 96 valence electrons. The van der Waals surface area contributed by atoms with Crippen molar-refractivity contribution in [3.05, 3.63) is 42.1 Å². The summed E-state index contributed by atoms with van der Waals surface area (Å²) in [5, 5.41) is 5.20. The normalized spacial score (nSPS) is 11.3. The van der Waals surface area contributed by atoms with Crippen molar-refractivity contribution in [2.24, 2.45) is 0 Å². The lowest BCUT2D eigenvalue weighted by atomic mass is 9.97. The third-order valence-electron chi connectivity index (χ3n) is 3.22. The minimum atomic E-state index is 0.250. The Labute approximate surface area is 111 Å². The van der Waals surface area contributed by atoms with Crippen LogP contribution in [0.5, 0.6) is 0 Å². The second-order valence-corrected chi connectivity index (χ2v) is 4.84. The van der Waals surface area contributed by atoms with Gasteiger partial charge in [-0.05, 0) is 12.0 Å². The topological polar surface area (TPSA) is 64.9 Å². The zero-order valence-electron chi connectivity index (χ0n) is 10.9. The molecule has 19 heavy (non-hydrogen) atoms. The molecule has 0 atom stereocenters. The van der Waals surface area contributed by atoms with Crippen LogP contribution in [0.1, 0.15) is 25.3 Å². The molecule has 0 saturated heterocycles. The molecule has 1 aromatic carbocycles. The lowest BCUT2D eigenvalue weighted by molar-refractivity contribution is 0.438. The molecule has 2 aromatic heterocycles. The first-order valence-corrected chi connectivity index (χ1v) is 6.27. The number of nitrogens with zero attached hydrogens (tertiary/aromatic N) is 2. The van der Waals surface area contributed by atoms with Crippen LogP contribution in [0, 0.1) is 0 Å². The fourth-order valence-electron chi connectivity index (χ4n) is 2.36. The molecular weight excluding hydrogens is 238 g/mol. The summed E-state index contributed by atoms with van der Waals surface area (Å²) in [6.07, 6.45) is 1.78. The van der Waals surface area contributed by atoms with E-state index in [1.165, 1.54) is 0 Å². The number of rotatable bonds is 2. The predicted octanol–water partition coefficient (Wildman–Crippen LogP) is 3.60. The van der Waals surface area contributed by atoms with Crippen molar-refractivity contribution in [2.75, 3.05) is 5.73 Å². The Kier molecular flexibility index (Phi) is 2.71. The summed E-state index contributed by atoms with van der Waals surface area (Å²) in [5.74, 6) is 0.637. The van der Waals surface area contributed by atoms with Crippen molar-refractivity contribution < 1.29 is 4.52 Å². The standard InChI is InChI=1S/C15H15N3O/c1-9(2)12-14(18-19-15(12)16)11-7-3-5-10-6-4-8-17-13(10)11/h3-9H,16H2,1-2H3. The van der Waals surface area contributed by atoms with Crippen molar-refractivity contribution in [1.82, 2.24) is 10.1 Å². The summed E-state index contributed by atoms with van der Waals surface area (Å²) >= 11 is 0. The maximum absolute atomic E-state index is 5.87. The Morgan fingerprint density at radius 1 is 1.16 bits per heavy atom. The largest absolute Gasteiger partial charge is 0.367 e. The van der Waals surface area contributed by atoms with Crippen LogP contribution >= 0.6 is 0 Å².